The van der Waals surface area contributed by atoms with E-state index in [0.717, 1.165) is 29.2 Å². The molecular formula is C44H70N6O4. The van der Waals surface area contributed by atoms with E-state index in [4.69, 9.17) is 9.98 Å². The summed E-state index contributed by atoms with van der Waals surface area (Å²) in [6.07, 6.45) is 8.68. The molecule has 2 amide bonds. The molecule has 0 unspecified atom stereocenters. The predicted molar refractivity (Wildman–Crippen MR) is 226 cm³/mol. The molecule has 0 spiro atoms. The number of hydrogen-bond donors (Lipinski definition) is 2. The van der Waals surface area contributed by atoms with Gasteiger partial charge in [-0.15, -0.1) is 0 Å². The number of allylic oxidation sites excluding steroid dienone is 1. The number of amides is 2. The van der Waals surface area contributed by atoms with Gasteiger partial charge in [-0.05, 0) is 119 Å². The minimum atomic E-state index is -0.253. The normalized spacial score (nSPS) is 17.8. The van der Waals surface area contributed by atoms with E-state index >= 15 is 0 Å². The number of carbonyl (C=O) groups is 2. The van der Waals surface area contributed by atoms with Gasteiger partial charge >= 0.3 is 0 Å². The number of amidine groups is 2. The molecule has 4 rings (SSSR count). The van der Waals surface area contributed by atoms with Gasteiger partial charge in [-0.1, -0.05) is 59.8 Å². The van der Waals surface area contributed by atoms with Crippen LogP contribution < -0.4 is 11.1 Å². The minimum Gasteiger partial charge on any atom is -0.329 e. The molecule has 0 atom stereocenters. The lowest BCUT2D eigenvalue weighted by Gasteiger charge is -2.33. The molecule has 2 aliphatic heterocycles. The third-order valence-electron chi connectivity index (χ3n) is 7.04. The Morgan fingerprint density at radius 1 is 0.611 bits per heavy atom. The third kappa shape index (κ3) is 18.1. The van der Waals surface area contributed by atoms with Crippen molar-refractivity contribution in [3.05, 3.63) is 92.8 Å². The molecule has 10 heteroatoms. The van der Waals surface area contributed by atoms with Crippen LogP contribution in [-0.2, 0) is 9.59 Å². The molecule has 0 radical (unpaired) electrons. The first-order valence-electron chi connectivity index (χ1n) is 18.8. The highest BCUT2D eigenvalue weighted by Crippen LogP contribution is 2.33. The fraction of sp³-hybridized carbons (Fsp3) is 0.591. The van der Waals surface area contributed by atoms with Crippen molar-refractivity contribution in [1.29, 1.82) is 0 Å². The molecule has 0 aromatic carbocycles. The van der Waals surface area contributed by atoms with Crippen molar-refractivity contribution in [2.75, 3.05) is 0 Å². The summed E-state index contributed by atoms with van der Waals surface area (Å²) in [6, 6.07) is 9.86. The van der Waals surface area contributed by atoms with Crippen LogP contribution in [0.4, 0.5) is 0 Å². The van der Waals surface area contributed by atoms with Crippen molar-refractivity contribution in [2.45, 2.75) is 160 Å². The number of rotatable bonds is 1. The van der Waals surface area contributed by atoms with Gasteiger partial charge in [0.25, 0.3) is 11.8 Å². The second kappa shape index (κ2) is 18.3. The molecule has 0 aliphatic carbocycles. The lowest BCUT2D eigenvalue weighted by Crippen LogP contribution is -2.46. The number of aromatic nitrogens is 2. The highest BCUT2D eigenvalue weighted by molar-refractivity contribution is 6.19. The Morgan fingerprint density at radius 2 is 1.06 bits per heavy atom. The molecule has 2 aliphatic rings. The summed E-state index contributed by atoms with van der Waals surface area (Å²) in [7, 11) is 0. The SMILES string of the molecule is CC(C)(C)/C=C1\CC(=NC(C)(C)C)N(C(C)(C)C)C1=O.CC(C)(C)CC1=CC(=NC(C)(C)C)N(C(C)(C)C)C1=O.O=c1cccc[nH]1.O=c1cccc[nH]1. The minimum absolute atomic E-state index is 0.00568. The zero-order chi connectivity index (χ0) is 42.1. The smallest absolute Gasteiger partial charge is 0.255 e. The van der Waals surface area contributed by atoms with E-state index < -0.39 is 0 Å². The molecule has 1 fully saturated rings. The largest absolute Gasteiger partial charge is 0.329 e. The number of nitrogens with zero attached hydrogens (tertiary/aromatic N) is 4. The van der Waals surface area contributed by atoms with Crippen molar-refractivity contribution >= 4 is 23.5 Å². The van der Waals surface area contributed by atoms with Gasteiger partial charge in [0, 0.05) is 53.2 Å². The van der Waals surface area contributed by atoms with Crippen molar-refractivity contribution in [3.63, 3.8) is 0 Å². The van der Waals surface area contributed by atoms with Gasteiger partial charge in [-0.25, -0.2) is 0 Å². The fourth-order valence-corrected chi connectivity index (χ4v) is 5.45. The van der Waals surface area contributed by atoms with Gasteiger partial charge < -0.3 is 9.97 Å². The summed E-state index contributed by atoms with van der Waals surface area (Å²) in [5, 5.41) is 0. The van der Waals surface area contributed by atoms with Crippen molar-refractivity contribution in [3.8, 4) is 0 Å². The average Bonchev–Trinajstić information content (AvgIpc) is 3.40. The quantitative estimate of drug-likeness (QED) is 0.282. The maximum Gasteiger partial charge on any atom is 0.255 e. The highest BCUT2D eigenvalue weighted by Gasteiger charge is 2.41. The number of pyridine rings is 2. The molecule has 2 aromatic rings. The summed E-state index contributed by atoms with van der Waals surface area (Å²) in [5.74, 6) is 1.91. The van der Waals surface area contributed by atoms with E-state index in [-0.39, 0.29) is 55.9 Å². The standard InChI is InChI=1S/2C17H30N2O.2C5H5NO/c2*1-15(2,3)11-12-10-13(18-16(4,5)6)19(14(12)20)17(7,8)9;2*7-5-3-1-2-4-6-5/h11H,10H2,1-9H3;10H,11H2,1-9H3;2*1-4H,(H,6,7)/b12-11+,18-13?;;;. The van der Waals surface area contributed by atoms with Gasteiger partial charge in [0.05, 0.1) is 11.1 Å². The van der Waals surface area contributed by atoms with E-state index in [0.29, 0.717) is 6.42 Å². The van der Waals surface area contributed by atoms with Crippen LogP contribution in [0, 0.1) is 10.8 Å². The predicted octanol–water partition coefficient (Wildman–Crippen LogP) is 9.12. The van der Waals surface area contributed by atoms with E-state index in [1.54, 1.807) is 36.7 Å². The van der Waals surface area contributed by atoms with Crippen LogP contribution in [0.25, 0.3) is 0 Å². The molecule has 2 aromatic heterocycles. The Bertz CT molecular complexity index is 1720. The topological polar surface area (TPSA) is 131 Å². The first-order valence-corrected chi connectivity index (χ1v) is 18.8. The molecule has 0 bridgehead atoms. The maximum atomic E-state index is 12.7. The van der Waals surface area contributed by atoms with Crippen molar-refractivity contribution in [2.24, 2.45) is 20.8 Å². The highest BCUT2D eigenvalue weighted by atomic mass is 16.2. The van der Waals surface area contributed by atoms with Crippen LogP contribution in [0.5, 0.6) is 0 Å². The van der Waals surface area contributed by atoms with Crippen LogP contribution in [0.2, 0.25) is 0 Å². The van der Waals surface area contributed by atoms with E-state index in [1.807, 2.05) is 15.9 Å². The first kappa shape index (κ1) is 47.7. The Labute approximate surface area is 325 Å². The van der Waals surface area contributed by atoms with E-state index in [1.165, 1.54) is 12.1 Å². The molecule has 0 saturated carbocycles. The first-order chi connectivity index (χ1) is 24.2. The summed E-state index contributed by atoms with van der Waals surface area (Å²) in [5.41, 5.74) is 0.888. The number of nitrogens with one attached hydrogen (secondary N) is 2. The molecule has 54 heavy (non-hydrogen) atoms. The summed E-state index contributed by atoms with van der Waals surface area (Å²) in [4.78, 5) is 64.0. The Balaban J connectivity index is 0.000000398. The zero-order valence-electron chi connectivity index (χ0n) is 36.6. The summed E-state index contributed by atoms with van der Waals surface area (Å²) < 4.78 is 0. The lowest BCUT2D eigenvalue weighted by molar-refractivity contribution is -0.126. The Morgan fingerprint density at radius 3 is 1.35 bits per heavy atom. The van der Waals surface area contributed by atoms with Gasteiger partial charge in [0.2, 0.25) is 11.1 Å². The number of hydrogen-bond acceptors (Lipinski definition) is 6. The van der Waals surface area contributed by atoms with Crippen LogP contribution in [0.15, 0.2) is 91.7 Å². The van der Waals surface area contributed by atoms with E-state index in [9.17, 15) is 19.2 Å². The van der Waals surface area contributed by atoms with Crippen LogP contribution in [0.3, 0.4) is 0 Å². The van der Waals surface area contributed by atoms with Gasteiger partial charge in [-0.2, -0.15) is 0 Å². The van der Waals surface area contributed by atoms with Crippen molar-refractivity contribution in [1.82, 2.24) is 19.8 Å². The van der Waals surface area contributed by atoms with Crippen LogP contribution in [0.1, 0.15) is 137 Å². The van der Waals surface area contributed by atoms with Gasteiger partial charge in [0.15, 0.2) is 0 Å². The Kier molecular flexibility index (Phi) is 16.2. The Hall–Kier alpha value is -4.34. The van der Waals surface area contributed by atoms with Gasteiger partial charge in [0.1, 0.15) is 11.7 Å². The third-order valence-corrected chi connectivity index (χ3v) is 7.04. The van der Waals surface area contributed by atoms with E-state index in [2.05, 4.69) is 141 Å². The van der Waals surface area contributed by atoms with Crippen LogP contribution in [-0.4, -0.2) is 65.4 Å². The lowest BCUT2D eigenvalue weighted by atomic mass is 9.88. The second-order valence-corrected chi connectivity index (χ2v) is 20.0. The molecule has 10 nitrogen and oxygen atoms in total. The summed E-state index contributed by atoms with van der Waals surface area (Å²) >= 11 is 0. The molecular weight excluding hydrogens is 677 g/mol. The molecule has 4 heterocycles. The average molecular weight is 747 g/mol. The number of likely N-dealkylation sites (tertiary alicyclic amines) is 1. The van der Waals surface area contributed by atoms with Crippen LogP contribution >= 0.6 is 0 Å². The molecule has 1 saturated heterocycles. The fourth-order valence-electron chi connectivity index (χ4n) is 5.45. The second-order valence-electron chi connectivity index (χ2n) is 20.0. The van der Waals surface area contributed by atoms with Gasteiger partial charge in [-0.3, -0.25) is 39.0 Å². The maximum absolute atomic E-state index is 12.7. The van der Waals surface area contributed by atoms with Crippen molar-refractivity contribution < 1.29 is 9.59 Å². The zero-order valence-corrected chi connectivity index (χ0v) is 36.6. The summed E-state index contributed by atoms with van der Waals surface area (Å²) in [6.45, 7) is 37.5. The number of aliphatic imine (C=N–C) groups is 2. The molecule has 300 valence electrons. The molecule has 2 N–H and O–H groups in total. The number of H-pyrrole nitrogens is 2. The monoisotopic (exact) mass is 747 g/mol. The number of aromatic amines is 2. The number of carbonyl (C=O) groups excluding carboxylic acids is 2.